The van der Waals surface area contributed by atoms with Crippen LogP contribution in [0.4, 0.5) is 0 Å². The largest absolute Gasteiger partial charge is 0.311 e. The molecule has 0 amide bonds. The summed E-state index contributed by atoms with van der Waals surface area (Å²) in [6.45, 7) is 1.21. The molecule has 5 heteroatoms. The van der Waals surface area contributed by atoms with E-state index in [1.807, 2.05) is 0 Å². The molecule has 3 heterocycles. The van der Waals surface area contributed by atoms with Crippen LogP contribution in [0.5, 0.6) is 0 Å². The zero-order valence-corrected chi connectivity index (χ0v) is 11.2. The predicted octanol–water partition coefficient (Wildman–Crippen LogP) is 1.10. The van der Waals surface area contributed by atoms with E-state index in [2.05, 4.69) is 26.7 Å². The first-order valence-corrected chi connectivity index (χ1v) is 7.14. The maximum atomic E-state index is 6.20. The molecule has 0 bridgehead atoms. The Labute approximate surface area is 108 Å². The van der Waals surface area contributed by atoms with Crippen molar-refractivity contribution < 1.29 is 0 Å². The third kappa shape index (κ3) is 2.17. The Morgan fingerprint density at radius 2 is 2.11 bits per heavy atom. The molecule has 2 atom stereocenters. The average molecular weight is 249 g/mol. The third-order valence-corrected chi connectivity index (χ3v) is 4.41. The van der Waals surface area contributed by atoms with Crippen molar-refractivity contribution in [2.45, 2.75) is 57.2 Å². The molecule has 0 radical (unpaired) electrons. The summed E-state index contributed by atoms with van der Waals surface area (Å²) in [4.78, 5) is 2.46. The van der Waals surface area contributed by atoms with Crippen molar-refractivity contribution in [1.82, 2.24) is 19.7 Å². The second kappa shape index (κ2) is 4.97. The minimum absolute atomic E-state index is 0.0904. The van der Waals surface area contributed by atoms with E-state index in [9.17, 15) is 0 Å². The van der Waals surface area contributed by atoms with Gasteiger partial charge in [-0.25, -0.2) is 0 Å². The maximum Gasteiger partial charge on any atom is 0.135 e. The Morgan fingerprint density at radius 1 is 1.22 bits per heavy atom. The summed E-state index contributed by atoms with van der Waals surface area (Å²) in [7, 11) is 2.22. The Hall–Kier alpha value is -0.940. The van der Waals surface area contributed by atoms with Crippen LogP contribution in [0.15, 0.2) is 0 Å². The van der Waals surface area contributed by atoms with Crippen molar-refractivity contribution in [3.63, 3.8) is 0 Å². The van der Waals surface area contributed by atoms with Crippen molar-refractivity contribution >= 4 is 0 Å². The van der Waals surface area contributed by atoms with Gasteiger partial charge in [-0.3, -0.25) is 4.57 Å². The molecule has 1 fully saturated rings. The number of likely N-dealkylation sites (N-methyl/N-ethyl adjacent to an activating group) is 1. The summed E-state index contributed by atoms with van der Waals surface area (Å²) in [5, 5.41) is 8.70. The van der Waals surface area contributed by atoms with E-state index >= 15 is 0 Å². The number of aromatic nitrogens is 3. The number of hydrogen-bond acceptors (Lipinski definition) is 4. The lowest BCUT2D eigenvalue weighted by Crippen LogP contribution is -2.39. The highest BCUT2D eigenvalue weighted by molar-refractivity contribution is 5.03. The Balaban J connectivity index is 1.78. The molecule has 100 valence electrons. The number of hydrogen-bond donors (Lipinski definition) is 1. The van der Waals surface area contributed by atoms with Gasteiger partial charge in [-0.2, -0.15) is 0 Å². The van der Waals surface area contributed by atoms with Gasteiger partial charge in [0, 0.05) is 18.9 Å². The molecule has 18 heavy (non-hydrogen) atoms. The summed E-state index contributed by atoms with van der Waals surface area (Å²) >= 11 is 0. The van der Waals surface area contributed by atoms with Gasteiger partial charge >= 0.3 is 0 Å². The zero-order chi connectivity index (χ0) is 12.5. The minimum Gasteiger partial charge on any atom is -0.311 e. The van der Waals surface area contributed by atoms with Gasteiger partial charge in [0.2, 0.25) is 0 Å². The lowest BCUT2D eigenvalue weighted by Gasteiger charge is -2.32. The minimum atomic E-state index is 0.0904. The molecule has 1 saturated heterocycles. The van der Waals surface area contributed by atoms with Gasteiger partial charge in [0.15, 0.2) is 0 Å². The standard InChI is InChI=1S/C13H23N5/c1-17-8-3-2-5-10(17)9-13-16-15-12-7-4-6-11(14)18(12)13/h10-11H,2-9,14H2,1H3. The van der Waals surface area contributed by atoms with Crippen molar-refractivity contribution in [2.75, 3.05) is 13.6 Å². The van der Waals surface area contributed by atoms with E-state index in [4.69, 9.17) is 5.73 Å². The summed E-state index contributed by atoms with van der Waals surface area (Å²) in [6.07, 6.45) is 8.24. The first-order valence-electron chi connectivity index (χ1n) is 7.14. The van der Waals surface area contributed by atoms with E-state index in [1.54, 1.807) is 0 Å². The number of piperidine rings is 1. The van der Waals surface area contributed by atoms with Crippen molar-refractivity contribution in [1.29, 1.82) is 0 Å². The predicted molar refractivity (Wildman–Crippen MR) is 70.2 cm³/mol. The van der Waals surface area contributed by atoms with Gasteiger partial charge in [-0.05, 0) is 39.3 Å². The fourth-order valence-electron chi connectivity index (χ4n) is 3.26. The SMILES string of the molecule is CN1CCCCC1Cc1nnc2n1C(N)CCC2. The number of nitrogens with two attached hydrogens (primary N) is 1. The van der Waals surface area contributed by atoms with E-state index in [1.165, 1.54) is 25.8 Å². The summed E-state index contributed by atoms with van der Waals surface area (Å²) < 4.78 is 2.19. The average Bonchev–Trinajstić information content (AvgIpc) is 2.77. The van der Waals surface area contributed by atoms with Crippen LogP contribution in [0.3, 0.4) is 0 Å². The number of likely N-dealkylation sites (tertiary alicyclic amines) is 1. The molecular formula is C13H23N5. The van der Waals surface area contributed by atoms with Crippen LogP contribution >= 0.6 is 0 Å². The van der Waals surface area contributed by atoms with Crippen LogP contribution < -0.4 is 5.73 Å². The lowest BCUT2D eigenvalue weighted by atomic mass is 9.99. The molecule has 2 unspecified atom stereocenters. The highest BCUT2D eigenvalue weighted by Gasteiger charge is 2.26. The molecule has 0 saturated carbocycles. The quantitative estimate of drug-likeness (QED) is 0.852. The normalized spacial score (nSPS) is 29.2. The molecule has 2 N–H and O–H groups in total. The van der Waals surface area contributed by atoms with E-state index in [0.29, 0.717) is 6.04 Å². The van der Waals surface area contributed by atoms with Gasteiger partial charge < -0.3 is 10.6 Å². The Morgan fingerprint density at radius 3 is 2.94 bits per heavy atom. The molecule has 0 aromatic carbocycles. The van der Waals surface area contributed by atoms with Crippen molar-refractivity contribution in [3.8, 4) is 0 Å². The molecule has 1 aromatic rings. The molecule has 0 spiro atoms. The number of aryl methyl sites for hydroxylation is 1. The highest BCUT2D eigenvalue weighted by Crippen LogP contribution is 2.24. The van der Waals surface area contributed by atoms with Crippen LogP contribution in [0, 0.1) is 0 Å². The second-order valence-corrected chi connectivity index (χ2v) is 5.70. The topological polar surface area (TPSA) is 60.0 Å². The first-order chi connectivity index (χ1) is 8.75. The number of rotatable bonds is 2. The van der Waals surface area contributed by atoms with Crippen LogP contribution in [-0.4, -0.2) is 39.3 Å². The fraction of sp³-hybridized carbons (Fsp3) is 0.846. The molecule has 0 aliphatic carbocycles. The molecule has 2 aliphatic rings. The number of fused-ring (bicyclic) bond motifs is 1. The van der Waals surface area contributed by atoms with Gasteiger partial charge in [0.05, 0.1) is 6.17 Å². The fourth-order valence-corrected chi connectivity index (χ4v) is 3.26. The summed E-state index contributed by atoms with van der Waals surface area (Å²) in [5.41, 5.74) is 6.20. The maximum absolute atomic E-state index is 6.20. The molecule has 2 aliphatic heterocycles. The third-order valence-electron chi connectivity index (χ3n) is 4.41. The lowest BCUT2D eigenvalue weighted by molar-refractivity contribution is 0.180. The van der Waals surface area contributed by atoms with E-state index < -0.39 is 0 Å². The van der Waals surface area contributed by atoms with Crippen molar-refractivity contribution in [3.05, 3.63) is 11.6 Å². The molecule has 1 aromatic heterocycles. The van der Waals surface area contributed by atoms with E-state index in [-0.39, 0.29) is 6.17 Å². The van der Waals surface area contributed by atoms with Crippen LogP contribution in [0.25, 0.3) is 0 Å². The monoisotopic (exact) mass is 249 g/mol. The zero-order valence-electron chi connectivity index (χ0n) is 11.2. The smallest absolute Gasteiger partial charge is 0.135 e. The van der Waals surface area contributed by atoms with Crippen LogP contribution in [0.2, 0.25) is 0 Å². The highest BCUT2D eigenvalue weighted by atomic mass is 15.3. The van der Waals surface area contributed by atoms with Crippen molar-refractivity contribution in [2.24, 2.45) is 5.73 Å². The van der Waals surface area contributed by atoms with Gasteiger partial charge in [0.25, 0.3) is 0 Å². The first kappa shape index (κ1) is 12.1. The Bertz CT molecular complexity index is 414. The van der Waals surface area contributed by atoms with Gasteiger partial charge in [-0.15, -0.1) is 10.2 Å². The van der Waals surface area contributed by atoms with Crippen LogP contribution in [0.1, 0.15) is 49.9 Å². The second-order valence-electron chi connectivity index (χ2n) is 5.70. The molecule has 5 nitrogen and oxygen atoms in total. The number of nitrogens with zero attached hydrogens (tertiary/aromatic N) is 4. The van der Waals surface area contributed by atoms with Gasteiger partial charge in [0.1, 0.15) is 11.6 Å². The van der Waals surface area contributed by atoms with Gasteiger partial charge in [-0.1, -0.05) is 6.42 Å². The molecular weight excluding hydrogens is 226 g/mol. The Kier molecular flexibility index (Phi) is 3.35. The summed E-state index contributed by atoms with van der Waals surface area (Å²) in [6, 6.07) is 0.612. The molecule has 3 rings (SSSR count). The van der Waals surface area contributed by atoms with Crippen LogP contribution in [-0.2, 0) is 12.8 Å². The summed E-state index contributed by atoms with van der Waals surface area (Å²) in [5.74, 6) is 2.18. The van der Waals surface area contributed by atoms with E-state index in [0.717, 1.165) is 37.3 Å².